The number of benzene rings is 1. The lowest BCUT2D eigenvalue weighted by Gasteiger charge is -2.28. The number of carbonyl (C=O) groups excluding carboxylic acids is 1. The highest BCUT2D eigenvalue weighted by Crippen LogP contribution is 2.22. The third-order valence-corrected chi connectivity index (χ3v) is 4.93. The predicted molar refractivity (Wildman–Crippen MR) is 102 cm³/mol. The van der Waals surface area contributed by atoms with E-state index in [1.54, 1.807) is 0 Å². The molecule has 4 rings (SSSR count). The molecule has 1 aromatic carbocycles. The van der Waals surface area contributed by atoms with Gasteiger partial charge >= 0.3 is 0 Å². The molecule has 6 heteroatoms. The van der Waals surface area contributed by atoms with Crippen molar-refractivity contribution in [2.45, 2.75) is 32.7 Å². The Morgan fingerprint density at radius 1 is 1.31 bits per heavy atom. The van der Waals surface area contributed by atoms with Crippen molar-refractivity contribution < 1.29 is 4.79 Å². The molecule has 0 unspecified atom stereocenters. The van der Waals surface area contributed by atoms with Crippen molar-refractivity contribution >= 4 is 22.6 Å². The summed E-state index contributed by atoms with van der Waals surface area (Å²) in [6.07, 6.45) is 4.06. The van der Waals surface area contributed by atoms with Crippen LogP contribution in [0.25, 0.3) is 10.9 Å². The number of nitrogens with zero attached hydrogens (tertiary/aromatic N) is 3. The fourth-order valence-electron chi connectivity index (χ4n) is 3.55. The van der Waals surface area contributed by atoms with Crippen LogP contribution >= 0.6 is 0 Å². The standard InChI is InChI=1S/C20H23N5O/c1-2-21-19-11-15-13-25(10-9-17(15)23-24-19)20(26)8-7-14-12-22-18-6-4-3-5-16(14)18/h3-6,11-12,22H,2,7-10,13H2,1H3,(H,21,24). The molecule has 3 heterocycles. The maximum absolute atomic E-state index is 12.7. The maximum Gasteiger partial charge on any atom is 0.223 e. The number of aromatic amines is 1. The highest BCUT2D eigenvalue weighted by molar-refractivity contribution is 5.84. The second-order valence-corrected chi connectivity index (χ2v) is 6.66. The zero-order valence-corrected chi connectivity index (χ0v) is 15.0. The van der Waals surface area contributed by atoms with Crippen LogP contribution in [0.15, 0.2) is 36.5 Å². The van der Waals surface area contributed by atoms with Gasteiger partial charge in [0.05, 0.1) is 5.69 Å². The van der Waals surface area contributed by atoms with E-state index in [1.807, 2.05) is 36.2 Å². The molecule has 0 aliphatic carbocycles. The van der Waals surface area contributed by atoms with Gasteiger partial charge in [0, 0.05) is 49.6 Å². The van der Waals surface area contributed by atoms with Gasteiger partial charge in [-0.05, 0) is 36.6 Å². The number of hydrogen-bond donors (Lipinski definition) is 2. The average molecular weight is 349 g/mol. The van der Waals surface area contributed by atoms with Gasteiger partial charge in [-0.25, -0.2) is 0 Å². The Morgan fingerprint density at radius 3 is 3.08 bits per heavy atom. The quantitative estimate of drug-likeness (QED) is 0.743. The zero-order valence-electron chi connectivity index (χ0n) is 15.0. The van der Waals surface area contributed by atoms with Crippen LogP contribution in [0.2, 0.25) is 0 Å². The van der Waals surface area contributed by atoms with Gasteiger partial charge < -0.3 is 15.2 Å². The Labute approximate surface area is 152 Å². The maximum atomic E-state index is 12.7. The van der Waals surface area contributed by atoms with Crippen molar-refractivity contribution in [1.29, 1.82) is 0 Å². The largest absolute Gasteiger partial charge is 0.369 e. The van der Waals surface area contributed by atoms with Crippen molar-refractivity contribution in [2.24, 2.45) is 0 Å². The van der Waals surface area contributed by atoms with E-state index in [0.717, 1.165) is 48.5 Å². The number of nitrogens with one attached hydrogen (secondary N) is 2. The molecular weight excluding hydrogens is 326 g/mol. The number of H-pyrrole nitrogens is 1. The molecule has 0 radical (unpaired) electrons. The van der Waals surface area contributed by atoms with Crippen molar-refractivity contribution in [1.82, 2.24) is 20.1 Å². The highest BCUT2D eigenvalue weighted by Gasteiger charge is 2.22. The minimum atomic E-state index is 0.197. The lowest BCUT2D eigenvalue weighted by atomic mass is 10.0. The van der Waals surface area contributed by atoms with Gasteiger partial charge in [0.15, 0.2) is 0 Å². The van der Waals surface area contributed by atoms with Crippen LogP contribution in [0.4, 0.5) is 5.82 Å². The summed E-state index contributed by atoms with van der Waals surface area (Å²) >= 11 is 0. The van der Waals surface area contributed by atoms with Crippen LogP contribution in [0.1, 0.15) is 30.2 Å². The molecule has 2 aromatic heterocycles. The van der Waals surface area contributed by atoms with Crippen molar-refractivity contribution in [2.75, 3.05) is 18.4 Å². The van der Waals surface area contributed by atoms with Gasteiger partial charge in [0.2, 0.25) is 5.91 Å². The van der Waals surface area contributed by atoms with Crippen LogP contribution in [0.3, 0.4) is 0 Å². The summed E-state index contributed by atoms with van der Waals surface area (Å²) in [7, 11) is 0. The molecule has 0 bridgehead atoms. The first kappa shape index (κ1) is 16.6. The summed E-state index contributed by atoms with van der Waals surface area (Å²) in [5, 5.41) is 12.9. The van der Waals surface area contributed by atoms with E-state index in [2.05, 4.69) is 32.6 Å². The van der Waals surface area contributed by atoms with Crippen LogP contribution < -0.4 is 5.32 Å². The van der Waals surface area contributed by atoms with Crippen LogP contribution in [0, 0.1) is 0 Å². The summed E-state index contributed by atoms with van der Waals surface area (Å²) in [4.78, 5) is 17.9. The van der Waals surface area contributed by atoms with E-state index >= 15 is 0 Å². The lowest BCUT2D eigenvalue weighted by molar-refractivity contribution is -0.132. The number of aromatic nitrogens is 3. The fourth-order valence-corrected chi connectivity index (χ4v) is 3.55. The molecule has 6 nitrogen and oxygen atoms in total. The Kier molecular flexibility index (Phi) is 4.56. The van der Waals surface area contributed by atoms with Crippen LogP contribution in [-0.2, 0) is 24.2 Å². The smallest absolute Gasteiger partial charge is 0.223 e. The number of anilines is 1. The summed E-state index contributed by atoms with van der Waals surface area (Å²) in [6, 6.07) is 10.2. The summed E-state index contributed by atoms with van der Waals surface area (Å²) in [5.74, 6) is 0.974. The predicted octanol–water partition coefficient (Wildman–Crippen LogP) is 2.91. The van der Waals surface area contributed by atoms with Gasteiger partial charge in [-0.15, -0.1) is 5.10 Å². The third-order valence-electron chi connectivity index (χ3n) is 4.93. The molecule has 1 aliphatic rings. The first-order valence-electron chi connectivity index (χ1n) is 9.16. The number of amides is 1. The second-order valence-electron chi connectivity index (χ2n) is 6.66. The van der Waals surface area contributed by atoms with Gasteiger partial charge in [-0.3, -0.25) is 4.79 Å². The van der Waals surface area contributed by atoms with E-state index in [-0.39, 0.29) is 5.91 Å². The Balaban J connectivity index is 1.42. The molecule has 1 amide bonds. The van der Waals surface area contributed by atoms with E-state index < -0.39 is 0 Å². The van der Waals surface area contributed by atoms with E-state index in [4.69, 9.17) is 0 Å². The first-order chi connectivity index (χ1) is 12.7. The van der Waals surface area contributed by atoms with Crippen molar-refractivity contribution in [3.05, 3.63) is 53.3 Å². The Hall–Kier alpha value is -2.89. The van der Waals surface area contributed by atoms with Gasteiger partial charge in [0.25, 0.3) is 0 Å². The topological polar surface area (TPSA) is 73.9 Å². The number of hydrogen-bond acceptors (Lipinski definition) is 4. The van der Waals surface area contributed by atoms with Gasteiger partial charge in [-0.2, -0.15) is 5.10 Å². The number of para-hydroxylation sites is 1. The van der Waals surface area contributed by atoms with Gasteiger partial charge in [0.1, 0.15) is 5.82 Å². The number of carbonyl (C=O) groups is 1. The normalized spacial score (nSPS) is 13.7. The molecule has 1 aliphatic heterocycles. The molecule has 2 N–H and O–H groups in total. The number of aryl methyl sites for hydroxylation is 1. The molecule has 0 saturated carbocycles. The molecule has 134 valence electrons. The van der Waals surface area contributed by atoms with Crippen LogP contribution in [0.5, 0.6) is 0 Å². The average Bonchev–Trinajstić information content (AvgIpc) is 3.09. The molecule has 0 fully saturated rings. The van der Waals surface area contributed by atoms with Crippen molar-refractivity contribution in [3.8, 4) is 0 Å². The molecule has 26 heavy (non-hydrogen) atoms. The molecular formula is C20H23N5O. The van der Waals surface area contributed by atoms with E-state index in [9.17, 15) is 4.79 Å². The minimum Gasteiger partial charge on any atom is -0.369 e. The SMILES string of the molecule is CCNc1cc2c(nn1)CCN(C(=O)CCc1c[nH]c3ccccc13)C2. The minimum absolute atomic E-state index is 0.197. The number of rotatable bonds is 5. The summed E-state index contributed by atoms with van der Waals surface area (Å²) in [6.45, 7) is 4.17. The number of fused-ring (bicyclic) bond motifs is 2. The molecule has 3 aromatic rings. The fraction of sp³-hybridized carbons (Fsp3) is 0.350. The Morgan fingerprint density at radius 2 is 2.19 bits per heavy atom. The second kappa shape index (κ2) is 7.15. The lowest BCUT2D eigenvalue weighted by Crippen LogP contribution is -2.36. The third kappa shape index (κ3) is 3.27. The summed E-state index contributed by atoms with van der Waals surface area (Å²) in [5.41, 5.74) is 4.43. The zero-order chi connectivity index (χ0) is 17.9. The monoisotopic (exact) mass is 349 g/mol. The molecule has 0 spiro atoms. The van der Waals surface area contributed by atoms with Crippen molar-refractivity contribution in [3.63, 3.8) is 0 Å². The van der Waals surface area contributed by atoms with E-state index in [0.29, 0.717) is 13.0 Å². The van der Waals surface area contributed by atoms with Crippen LogP contribution in [-0.4, -0.2) is 39.1 Å². The Bertz CT molecular complexity index is 933. The summed E-state index contributed by atoms with van der Waals surface area (Å²) < 4.78 is 0. The first-order valence-corrected chi connectivity index (χ1v) is 9.16. The molecule has 0 saturated heterocycles. The highest BCUT2D eigenvalue weighted by atomic mass is 16.2. The molecule has 0 atom stereocenters. The van der Waals surface area contributed by atoms with Gasteiger partial charge in [-0.1, -0.05) is 18.2 Å². The van der Waals surface area contributed by atoms with E-state index in [1.165, 1.54) is 10.9 Å².